The molecule has 4 nitrogen and oxygen atoms in total. The van der Waals surface area contributed by atoms with Crippen LogP contribution in [0.5, 0.6) is 0 Å². The molecule has 1 aromatic rings. The predicted molar refractivity (Wildman–Crippen MR) is 88.3 cm³/mol. The van der Waals surface area contributed by atoms with Crippen molar-refractivity contribution in [1.82, 2.24) is 5.32 Å². The van der Waals surface area contributed by atoms with Crippen LogP contribution in [0.3, 0.4) is 0 Å². The van der Waals surface area contributed by atoms with Crippen molar-refractivity contribution >= 4 is 34.8 Å². The van der Waals surface area contributed by atoms with Crippen molar-refractivity contribution in [3.63, 3.8) is 0 Å². The molecule has 0 unspecified atom stereocenters. The fourth-order valence-corrected chi connectivity index (χ4v) is 3.71. The summed E-state index contributed by atoms with van der Waals surface area (Å²) in [7, 11) is 0. The standard InChI is InChI=1S/C16H22ClNO3S/c1-9-5-4-6-12(10(9)2)18-15(19)11(3)21-16(20)13-7-8-14(17)22-13/h7-12H,4-6H2,1-3H3,(H,18,19)/t9-,10-,11-,12-/m1/s1. The molecular formula is C16H22ClNO3S. The molecule has 0 saturated heterocycles. The summed E-state index contributed by atoms with van der Waals surface area (Å²) in [6.45, 7) is 5.98. The van der Waals surface area contributed by atoms with Crippen molar-refractivity contribution in [1.29, 1.82) is 0 Å². The average molecular weight is 344 g/mol. The van der Waals surface area contributed by atoms with Crippen LogP contribution in [-0.4, -0.2) is 24.0 Å². The number of amides is 1. The summed E-state index contributed by atoms with van der Waals surface area (Å²) in [4.78, 5) is 24.6. The van der Waals surface area contributed by atoms with E-state index in [2.05, 4.69) is 19.2 Å². The van der Waals surface area contributed by atoms with Gasteiger partial charge in [-0.2, -0.15) is 0 Å². The van der Waals surface area contributed by atoms with E-state index in [4.69, 9.17) is 16.3 Å². The minimum absolute atomic E-state index is 0.161. The molecule has 22 heavy (non-hydrogen) atoms. The first kappa shape index (κ1) is 17.3. The largest absolute Gasteiger partial charge is 0.448 e. The number of halogens is 1. The highest BCUT2D eigenvalue weighted by atomic mass is 35.5. The number of thiophene rings is 1. The summed E-state index contributed by atoms with van der Waals surface area (Å²) < 4.78 is 5.74. The van der Waals surface area contributed by atoms with Crippen molar-refractivity contribution in [2.24, 2.45) is 11.8 Å². The molecule has 1 heterocycles. The number of hydrogen-bond acceptors (Lipinski definition) is 4. The van der Waals surface area contributed by atoms with Crippen molar-refractivity contribution in [3.8, 4) is 0 Å². The molecule has 1 fully saturated rings. The lowest BCUT2D eigenvalue weighted by molar-refractivity contribution is -0.130. The molecule has 122 valence electrons. The maximum atomic E-state index is 12.2. The fourth-order valence-electron chi connectivity index (χ4n) is 2.78. The second-order valence-corrected chi connectivity index (χ2v) is 7.75. The van der Waals surface area contributed by atoms with Crippen molar-refractivity contribution < 1.29 is 14.3 Å². The molecule has 1 amide bonds. The molecule has 0 aromatic carbocycles. The first-order valence-electron chi connectivity index (χ1n) is 7.65. The highest BCUT2D eigenvalue weighted by Gasteiger charge is 2.30. The molecule has 6 heteroatoms. The number of ether oxygens (including phenoxy) is 1. The number of carbonyl (C=O) groups excluding carboxylic acids is 2. The normalized spacial score (nSPS) is 26.3. The second-order valence-electron chi connectivity index (χ2n) is 6.03. The van der Waals surface area contributed by atoms with Gasteiger partial charge in [-0.15, -0.1) is 11.3 Å². The zero-order chi connectivity index (χ0) is 16.3. The first-order chi connectivity index (χ1) is 10.4. The smallest absolute Gasteiger partial charge is 0.349 e. The first-order valence-corrected chi connectivity index (χ1v) is 8.84. The number of esters is 1. The third-order valence-electron chi connectivity index (χ3n) is 4.46. The SMILES string of the molecule is C[C@@H]1[C@H](C)CCC[C@H]1NC(=O)[C@@H](C)OC(=O)c1ccc(Cl)s1. The summed E-state index contributed by atoms with van der Waals surface area (Å²) in [6.07, 6.45) is 2.51. The van der Waals surface area contributed by atoms with Gasteiger partial charge in [0.15, 0.2) is 6.10 Å². The fraction of sp³-hybridized carbons (Fsp3) is 0.625. The Morgan fingerprint density at radius 3 is 2.73 bits per heavy atom. The van der Waals surface area contributed by atoms with Crippen LogP contribution in [0.4, 0.5) is 0 Å². The minimum Gasteiger partial charge on any atom is -0.448 e. The van der Waals surface area contributed by atoms with Crippen molar-refractivity contribution in [2.75, 3.05) is 0 Å². The van der Waals surface area contributed by atoms with E-state index in [-0.39, 0.29) is 11.9 Å². The summed E-state index contributed by atoms with van der Waals surface area (Å²) in [5, 5.41) is 3.02. The van der Waals surface area contributed by atoms with Crippen LogP contribution in [0, 0.1) is 11.8 Å². The third kappa shape index (κ3) is 4.23. The summed E-state index contributed by atoms with van der Waals surface area (Å²) in [5.74, 6) is 0.299. The zero-order valence-corrected chi connectivity index (χ0v) is 14.7. The van der Waals surface area contributed by atoms with Gasteiger partial charge in [-0.05, 0) is 37.3 Å². The van der Waals surface area contributed by atoms with Gasteiger partial charge in [0.05, 0.1) is 4.34 Å². The van der Waals surface area contributed by atoms with E-state index in [0.29, 0.717) is 21.0 Å². The molecule has 0 aliphatic heterocycles. The molecule has 4 atom stereocenters. The van der Waals surface area contributed by atoms with Crippen LogP contribution in [0.15, 0.2) is 12.1 Å². The van der Waals surface area contributed by atoms with E-state index in [1.807, 2.05) is 0 Å². The Balaban J connectivity index is 1.88. The second kappa shape index (κ2) is 7.47. The maximum absolute atomic E-state index is 12.2. The van der Waals surface area contributed by atoms with E-state index in [1.165, 1.54) is 6.42 Å². The van der Waals surface area contributed by atoms with Crippen molar-refractivity contribution in [3.05, 3.63) is 21.3 Å². The lowest BCUT2D eigenvalue weighted by Crippen LogP contribution is -2.47. The molecule has 0 spiro atoms. The van der Waals surface area contributed by atoms with Gasteiger partial charge in [-0.25, -0.2) is 4.79 Å². The van der Waals surface area contributed by atoms with E-state index in [1.54, 1.807) is 19.1 Å². The quantitative estimate of drug-likeness (QED) is 0.844. The minimum atomic E-state index is -0.808. The molecule has 1 aliphatic carbocycles. The van der Waals surface area contributed by atoms with E-state index < -0.39 is 12.1 Å². The Labute approximate surface area is 140 Å². The Morgan fingerprint density at radius 1 is 1.36 bits per heavy atom. The molecule has 0 radical (unpaired) electrons. The van der Waals surface area contributed by atoms with Gasteiger partial charge in [-0.3, -0.25) is 4.79 Å². The Bertz CT molecular complexity index is 545. The lowest BCUT2D eigenvalue weighted by Gasteiger charge is -2.35. The summed E-state index contributed by atoms with van der Waals surface area (Å²) >= 11 is 6.94. The van der Waals surface area contributed by atoms with Gasteiger partial charge in [0.2, 0.25) is 0 Å². The van der Waals surface area contributed by atoms with E-state index in [0.717, 1.165) is 24.2 Å². The zero-order valence-electron chi connectivity index (χ0n) is 13.1. The van der Waals surface area contributed by atoms with Crippen LogP contribution in [0.1, 0.15) is 49.7 Å². The van der Waals surface area contributed by atoms with Crippen LogP contribution >= 0.6 is 22.9 Å². The molecule has 1 saturated carbocycles. The van der Waals surface area contributed by atoms with Gasteiger partial charge in [-0.1, -0.05) is 38.3 Å². The Morgan fingerprint density at radius 2 is 2.09 bits per heavy atom. The molecule has 0 bridgehead atoms. The molecule has 2 rings (SSSR count). The molecular weight excluding hydrogens is 322 g/mol. The van der Waals surface area contributed by atoms with E-state index >= 15 is 0 Å². The maximum Gasteiger partial charge on any atom is 0.349 e. The Hall–Kier alpha value is -1.07. The number of carbonyl (C=O) groups is 2. The number of nitrogens with one attached hydrogen (secondary N) is 1. The van der Waals surface area contributed by atoms with Gasteiger partial charge < -0.3 is 10.1 Å². The van der Waals surface area contributed by atoms with Gasteiger partial charge in [0.25, 0.3) is 5.91 Å². The van der Waals surface area contributed by atoms with Gasteiger partial charge in [0, 0.05) is 6.04 Å². The monoisotopic (exact) mass is 343 g/mol. The number of rotatable bonds is 4. The summed E-state index contributed by atoms with van der Waals surface area (Å²) in [5.41, 5.74) is 0. The van der Waals surface area contributed by atoms with Crippen LogP contribution in [0.2, 0.25) is 4.34 Å². The van der Waals surface area contributed by atoms with Crippen molar-refractivity contribution in [2.45, 2.75) is 52.2 Å². The summed E-state index contributed by atoms with van der Waals surface area (Å²) in [6, 6.07) is 3.40. The average Bonchev–Trinajstić information content (AvgIpc) is 2.90. The molecule has 1 aliphatic rings. The van der Waals surface area contributed by atoms with Gasteiger partial charge >= 0.3 is 5.97 Å². The van der Waals surface area contributed by atoms with Crippen LogP contribution < -0.4 is 5.32 Å². The number of hydrogen-bond donors (Lipinski definition) is 1. The third-order valence-corrected chi connectivity index (χ3v) is 5.67. The molecule has 1 aromatic heterocycles. The highest BCUT2D eigenvalue weighted by Crippen LogP contribution is 2.29. The highest BCUT2D eigenvalue weighted by molar-refractivity contribution is 7.17. The predicted octanol–water partition coefficient (Wildman–Crippen LogP) is 3.89. The van der Waals surface area contributed by atoms with E-state index in [9.17, 15) is 9.59 Å². The van der Waals surface area contributed by atoms with Crippen LogP contribution in [-0.2, 0) is 9.53 Å². The molecule has 1 N–H and O–H groups in total. The Kier molecular flexibility index (Phi) is 5.87. The van der Waals surface area contributed by atoms with Gasteiger partial charge in [0.1, 0.15) is 4.88 Å². The lowest BCUT2D eigenvalue weighted by atomic mass is 9.78. The van der Waals surface area contributed by atoms with Crippen LogP contribution in [0.25, 0.3) is 0 Å². The topological polar surface area (TPSA) is 55.4 Å².